The third-order valence-electron chi connectivity index (χ3n) is 7.82. The van der Waals surface area contributed by atoms with Gasteiger partial charge in [0.25, 0.3) is 10.0 Å². The Morgan fingerprint density at radius 1 is 0.881 bits per heavy atom. The van der Waals surface area contributed by atoms with Crippen molar-refractivity contribution in [2.24, 2.45) is 0 Å². The van der Waals surface area contributed by atoms with E-state index in [0.29, 0.717) is 23.6 Å². The molecule has 0 saturated carbocycles. The van der Waals surface area contributed by atoms with Crippen molar-refractivity contribution in [2.45, 2.75) is 56.6 Å². The van der Waals surface area contributed by atoms with E-state index in [9.17, 15) is 13.2 Å². The third kappa shape index (κ3) is 6.29. The molecule has 1 atom stereocenters. The lowest BCUT2D eigenvalue weighted by Crippen LogP contribution is -2.47. The summed E-state index contributed by atoms with van der Waals surface area (Å²) in [5.41, 5.74) is 1.78. The van der Waals surface area contributed by atoms with Gasteiger partial charge in [-0.15, -0.1) is 0 Å². The molecule has 7 nitrogen and oxygen atoms in total. The summed E-state index contributed by atoms with van der Waals surface area (Å²) in [7, 11) is -4.06. The predicted octanol–water partition coefficient (Wildman–Crippen LogP) is 7.18. The molecule has 1 aliphatic heterocycles. The number of carbonyl (C=O) groups is 1. The highest BCUT2D eigenvalue weighted by atomic mass is 32.2. The predicted molar refractivity (Wildman–Crippen MR) is 165 cm³/mol. The van der Waals surface area contributed by atoms with Crippen LogP contribution in [0.4, 0.5) is 5.69 Å². The van der Waals surface area contributed by atoms with Gasteiger partial charge in [-0.05, 0) is 74.4 Å². The minimum Gasteiger partial charge on any atom is -0.487 e. The molecule has 0 saturated heterocycles. The number of anilines is 1. The van der Waals surface area contributed by atoms with Crippen LogP contribution in [0.15, 0.2) is 108 Å². The van der Waals surface area contributed by atoms with Crippen LogP contribution in [0, 0.1) is 6.92 Å². The molecule has 42 heavy (non-hydrogen) atoms. The fraction of sp³-hybridized carbons (Fsp3) is 0.265. The molecule has 0 aliphatic carbocycles. The van der Waals surface area contributed by atoms with Gasteiger partial charge in [-0.2, -0.15) is 0 Å². The molecule has 1 amide bonds. The number of amides is 1. The highest BCUT2D eigenvalue weighted by molar-refractivity contribution is 7.92. The van der Waals surface area contributed by atoms with Crippen LogP contribution in [0.25, 0.3) is 0 Å². The lowest BCUT2D eigenvalue weighted by atomic mass is 9.83. The lowest BCUT2D eigenvalue weighted by Gasteiger charge is -2.41. The summed E-state index contributed by atoms with van der Waals surface area (Å²) in [5.74, 6) is 1.56. The fourth-order valence-corrected chi connectivity index (χ4v) is 6.68. The Labute approximate surface area is 248 Å². The van der Waals surface area contributed by atoms with Crippen molar-refractivity contribution in [2.75, 3.05) is 10.8 Å². The van der Waals surface area contributed by atoms with Gasteiger partial charge < -0.3 is 14.8 Å². The van der Waals surface area contributed by atoms with E-state index in [1.807, 2.05) is 61.5 Å². The maximum Gasteiger partial charge on any atom is 0.264 e. The van der Waals surface area contributed by atoms with Crippen molar-refractivity contribution in [3.05, 3.63) is 114 Å². The molecule has 0 radical (unpaired) electrons. The van der Waals surface area contributed by atoms with Crippen molar-refractivity contribution < 1.29 is 22.7 Å². The van der Waals surface area contributed by atoms with Crippen LogP contribution in [0.1, 0.15) is 50.3 Å². The van der Waals surface area contributed by atoms with Crippen LogP contribution in [-0.2, 0) is 14.8 Å². The summed E-state index contributed by atoms with van der Waals surface area (Å²) < 4.78 is 41.3. The van der Waals surface area contributed by atoms with Crippen LogP contribution in [0.3, 0.4) is 0 Å². The number of ether oxygens (including phenoxy) is 2. The molecular formula is C34H36N2O5S. The molecule has 4 aromatic rings. The number of hydrogen-bond donors (Lipinski definition) is 1. The van der Waals surface area contributed by atoms with Crippen molar-refractivity contribution in [3.8, 4) is 17.2 Å². The minimum absolute atomic E-state index is 0.109. The summed E-state index contributed by atoms with van der Waals surface area (Å²) in [5, 5.41) is 3.13. The number of hydrogen-bond acceptors (Lipinski definition) is 5. The topological polar surface area (TPSA) is 84.9 Å². The van der Waals surface area contributed by atoms with Crippen LogP contribution in [0.5, 0.6) is 17.2 Å². The minimum atomic E-state index is -4.06. The molecule has 0 spiro atoms. The largest absolute Gasteiger partial charge is 0.487 e. The molecule has 4 aromatic carbocycles. The molecular weight excluding hydrogens is 548 g/mol. The van der Waals surface area contributed by atoms with E-state index in [2.05, 4.69) is 19.2 Å². The standard InChI is InChI=1S/C34H36N2O5S/c1-4-34(5-2)23-31(30-13-9-10-14-32(30)41-34)35-33(37)24-36(42(38,39)29-21-15-25(3)16-22-29)26-17-19-28(20-18-26)40-27-11-7-6-8-12-27/h6-22,31H,4-5,23-24H2,1-3H3,(H,35,37). The maximum atomic E-state index is 13.9. The number of nitrogens with one attached hydrogen (secondary N) is 1. The monoisotopic (exact) mass is 584 g/mol. The van der Waals surface area contributed by atoms with Gasteiger partial charge >= 0.3 is 0 Å². The Morgan fingerprint density at radius 2 is 1.50 bits per heavy atom. The molecule has 0 bridgehead atoms. The summed E-state index contributed by atoms with van der Waals surface area (Å²) >= 11 is 0. The number of nitrogens with zero attached hydrogens (tertiary/aromatic N) is 1. The van der Waals surface area contributed by atoms with Crippen LogP contribution < -0.4 is 19.1 Å². The Hall–Kier alpha value is -4.30. The summed E-state index contributed by atoms with van der Waals surface area (Å²) in [6.45, 7) is 5.67. The first-order valence-corrected chi connectivity index (χ1v) is 15.7. The fourth-order valence-electron chi connectivity index (χ4n) is 5.26. The number of para-hydroxylation sites is 2. The average molecular weight is 585 g/mol. The van der Waals surface area contributed by atoms with E-state index in [1.165, 1.54) is 0 Å². The Bertz CT molecular complexity index is 1620. The second-order valence-corrected chi connectivity index (χ2v) is 12.5. The zero-order valence-electron chi connectivity index (χ0n) is 24.1. The molecule has 1 heterocycles. The Kier molecular flexibility index (Phi) is 8.54. The number of sulfonamides is 1. The summed E-state index contributed by atoms with van der Waals surface area (Å²) in [4.78, 5) is 13.8. The van der Waals surface area contributed by atoms with Gasteiger partial charge in [-0.1, -0.05) is 67.9 Å². The smallest absolute Gasteiger partial charge is 0.264 e. The van der Waals surface area contributed by atoms with Gasteiger partial charge in [-0.3, -0.25) is 9.10 Å². The van der Waals surface area contributed by atoms with Gasteiger partial charge in [-0.25, -0.2) is 8.42 Å². The van der Waals surface area contributed by atoms with Crippen molar-refractivity contribution in [1.29, 1.82) is 0 Å². The van der Waals surface area contributed by atoms with Crippen molar-refractivity contribution in [1.82, 2.24) is 5.32 Å². The molecule has 1 N–H and O–H groups in total. The van der Waals surface area contributed by atoms with Crippen LogP contribution in [0.2, 0.25) is 0 Å². The second kappa shape index (κ2) is 12.3. The number of aryl methyl sites for hydroxylation is 1. The lowest BCUT2D eigenvalue weighted by molar-refractivity contribution is -0.121. The number of benzene rings is 4. The summed E-state index contributed by atoms with van der Waals surface area (Å²) in [6, 6.07) is 30.0. The second-order valence-electron chi connectivity index (χ2n) is 10.6. The maximum absolute atomic E-state index is 13.9. The molecule has 218 valence electrons. The van der Waals surface area contributed by atoms with Crippen molar-refractivity contribution in [3.63, 3.8) is 0 Å². The van der Waals surface area contributed by atoms with Crippen LogP contribution in [-0.4, -0.2) is 26.5 Å². The van der Waals surface area contributed by atoms with Crippen LogP contribution >= 0.6 is 0 Å². The zero-order valence-corrected chi connectivity index (χ0v) is 24.9. The van der Waals surface area contributed by atoms with Gasteiger partial charge in [0.05, 0.1) is 16.6 Å². The third-order valence-corrected chi connectivity index (χ3v) is 9.61. The van der Waals surface area contributed by atoms with Gasteiger partial charge in [0.15, 0.2) is 0 Å². The molecule has 0 aromatic heterocycles. The SMILES string of the molecule is CCC1(CC)CC(NC(=O)CN(c2ccc(Oc3ccccc3)cc2)S(=O)(=O)c2ccc(C)cc2)c2ccccc2O1. The first-order valence-electron chi connectivity index (χ1n) is 14.2. The number of carbonyl (C=O) groups excluding carboxylic acids is 1. The number of fused-ring (bicyclic) bond motifs is 1. The van der Waals surface area contributed by atoms with E-state index in [-0.39, 0.29) is 17.5 Å². The highest BCUT2D eigenvalue weighted by Crippen LogP contribution is 2.42. The quantitative estimate of drug-likeness (QED) is 0.213. The first kappa shape index (κ1) is 29.2. The van der Waals surface area contributed by atoms with E-state index in [4.69, 9.17) is 9.47 Å². The molecule has 1 unspecified atom stereocenters. The first-order chi connectivity index (χ1) is 20.2. The molecule has 0 fully saturated rings. The highest BCUT2D eigenvalue weighted by Gasteiger charge is 2.39. The Morgan fingerprint density at radius 3 is 2.17 bits per heavy atom. The zero-order chi connectivity index (χ0) is 29.7. The molecule has 5 rings (SSSR count). The van der Waals surface area contributed by atoms with E-state index >= 15 is 0 Å². The Balaban J connectivity index is 1.43. The molecule has 8 heteroatoms. The van der Waals surface area contributed by atoms with Crippen molar-refractivity contribution >= 4 is 21.6 Å². The van der Waals surface area contributed by atoms with E-state index in [1.54, 1.807) is 48.5 Å². The van der Waals surface area contributed by atoms with E-state index < -0.39 is 21.5 Å². The van der Waals surface area contributed by atoms with E-state index in [0.717, 1.165) is 34.0 Å². The number of rotatable bonds is 10. The summed E-state index contributed by atoms with van der Waals surface area (Å²) in [6.07, 6.45) is 2.17. The average Bonchev–Trinajstić information content (AvgIpc) is 3.01. The molecule has 1 aliphatic rings. The normalized spacial score (nSPS) is 15.6. The van der Waals surface area contributed by atoms with Gasteiger partial charge in [0.2, 0.25) is 5.91 Å². The van der Waals surface area contributed by atoms with Gasteiger partial charge in [0.1, 0.15) is 29.4 Å². The van der Waals surface area contributed by atoms with Gasteiger partial charge in [0, 0.05) is 12.0 Å².